The van der Waals surface area contributed by atoms with E-state index < -0.39 is 14.9 Å². The summed E-state index contributed by atoms with van der Waals surface area (Å²) in [6, 6.07) is 4.83. The minimum Gasteiger partial charge on any atom is -0.379 e. The number of carbonyl (C=O) groups is 1. The van der Waals surface area contributed by atoms with Crippen molar-refractivity contribution < 1.29 is 22.9 Å². The van der Waals surface area contributed by atoms with Crippen LogP contribution in [0.3, 0.4) is 0 Å². The molecule has 0 radical (unpaired) electrons. The molecule has 4 rings (SSSR count). The van der Waals surface area contributed by atoms with E-state index in [4.69, 9.17) is 4.74 Å². The zero-order valence-corrected chi connectivity index (χ0v) is 18.9. The number of benzene rings is 1. The Balaban J connectivity index is 1.52. The molecule has 1 aromatic carbocycles. The average Bonchev–Trinajstić information content (AvgIpc) is 3.51. The number of ether oxygens (including phenoxy) is 1. The van der Waals surface area contributed by atoms with Gasteiger partial charge in [0.05, 0.1) is 34.4 Å². The highest BCUT2D eigenvalue weighted by atomic mass is 32.2. The van der Waals surface area contributed by atoms with Crippen LogP contribution in [-0.2, 0) is 26.1 Å². The summed E-state index contributed by atoms with van der Waals surface area (Å²) in [5.41, 5.74) is 1.06. The van der Waals surface area contributed by atoms with Crippen LogP contribution in [0.25, 0.3) is 0 Å². The number of sulfonamides is 1. The Bertz CT molecular complexity index is 1120. The lowest BCUT2D eigenvalue weighted by atomic mass is 10.2. The maximum atomic E-state index is 13.1. The Morgan fingerprint density at radius 1 is 1.18 bits per heavy atom. The molecular formula is C20H26N6O6S. The van der Waals surface area contributed by atoms with Crippen molar-refractivity contribution in [1.29, 1.82) is 0 Å². The van der Waals surface area contributed by atoms with Gasteiger partial charge < -0.3 is 15.0 Å². The van der Waals surface area contributed by atoms with Gasteiger partial charge in [0.15, 0.2) is 0 Å². The fourth-order valence-electron chi connectivity index (χ4n) is 3.94. The fraction of sp³-hybridized carbons (Fsp3) is 0.500. The van der Waals surface area contributed by atoms with Gasteiger partial charge in [0.1, 0.15) is 12.4 Å². The number of anilines is 2. The minimum absolute atomic E-state index is 0.0265. The summed E-state index contributed by atoms with van der Waals surface area (Å²) in [5, 5.41) is 17.5. The number of aryl methyl sites for hydroxylation is 1. The summed E-state index contributed by atoms with van der Waals surface area (Å²) in [6.45, 7) is 3.08. The molecule has 0 aliphatic carbocycles. The second-order valence-corrected chi connectivity index (χ2v) is 9.84. The summed E-state index contributed by atoms with van der Waals surface area (Å²) in [7, 11) is -3.72. The molecule has 13 heteroatoms. The number of aromatic nitrogens is 2. The predicted molar refractivity (Wildman–Crippen MR) is 120 cm³/mol. The molecule has 178 valence electrons. The molecule has 2 fully saturated rings. The van der Waals surface area contributed by atoms with Gasteiger partial charge in [-0.1, -0.05) is 0 Å². The second-order valence-electron chi connectivity index (χ2n) is 7.91. The van der Waals surface area contributed by atoms with Crippen LogP contribution >= 0.6 is 0 Å². The Kier molecular flexibility index (Phi) is 6.91. The van der Waals surface area contributed by atoms with Crippen molar-refractivity contribution >= 4 is 33.0 Å². The number of morpholine rings is 1. The van der Waals surface area contributed by atoms with E-state index in [1.807, 2.05) is 0 Å². The number of nitro groups is 1. The molecule has 0 spiro atoms. The highest BCUT2D eigenvalue weighted by Crippen LogP contribution is 2.32. The molecular weight excluding hydrogens is 452 g/mol. The highest BCUT2D eigenvalue weighted by Gasteiger charge is 2.28. The predicted octanol–water partition coefficient (Wildman–Crippen LogP) is 1.44. The Labute approximate surface area is 191 Å². The SMILES string of the molecule is O=C(CCn1cc([N+](=O)[O-])cn1)Nc1cc(S(=O)(=O)N2CCOCC2)ccc1N1CCCC1. The molecule has 2 aliphatic rings. The Morgan fingerprint density at radius 3 is 2.58 bits per heavy atom. The van der Waals surface area contributed by atoms with Gasteiger partial charge in [-0.15, -0.1) is 0 Å². The molecule has 2 aliphatic heterocycles. The lowest BCUT2D eigenvalue weighted by molar-refractivity contribution is -0.385. The van der Waals surface area contributed by atoms with E-state index in [1.54, 1.807) is 12.1 Å². The van der Waals surface area contributed by atoms with Crippen LogP contribution in [-0.4, -0.2) is 72.7 Å². The van der Waals surface area contributed by atoms with Gasteiger partial charge in [0, 0.05) is 39.1 Å². The van der Waals surface area contributed by atoms with Crippen LogP contribution in [0.2, 0.25) is 0 Å². The van der Waals surface area contributed by atoms with Gasteiger partial charge in [0.25, 0.3) is 0 Å². The highest BCUT2D eigenvalue weighted by molar-refractivity contribution is 7.89. The number of nitrogens with zero attached hydrogens (tertiary/aromatic N) is 5. The zero-order chi connectivity index (χ0) is 23.4. The first-order valence-electron chi connectivity index (χ1n) is 10.8. The van der Waals surface area contributed by atoms with Crippen LogP contribution in [0.1, 0.15) is 19.3 Å². The maximum Gasteiger partial charge on any atom is 0.306 e. The fourth-order valence-corrected chi connectivity index (χ4v) is 5.38. The van der Waals surface area contributed by atoms with Crippen LogP contribution in [0.4, 0.5) is 17.1 Å². The van der Waals surface area contributed by atoms with Crippen molar-refractivity contribution in [3.05, 3.63) is 40.7 Å². The third kappa shape index (κ3) is 5.31. The largest absolute Gasteiger partial charge is 0.379 e. The molecule has 1 aromatic heterocycles. The van der Waals surface area contributed by atoms with Crippen molar-refractivity contribution in [2.24, 2.45) is 0 Å². The number of amides is 1. The van der Waals surface area contributed by atoms with Crippen molar-refractivity contribution in [3.63, 3.8) is 0 Å². The van der Waals surface area contributed by atoms with Crippen molar-refractivity contribution in [2.75, 3.05) is 49.6 Å². The number of rotatable bonds is 8. The lowest BCUT2D eigenvalue weighted by Gasteiger charge is -2.27. The van der Waals surface area contributed by atoms with Crippen LogP contribution in [0.15, 0.2) is 35.5 Å². The van der Waals surface area contributed by atoms with Gasteiger partial charge in [-0.3, -0.25) is 19.6 Å². The van der Waals surface area contributed by atoms with E-state index in [9.17, 15) is 23.3 Å². The molecule has 1 amide bonds. The quantitative estimate of drug-likeness (QED) is 0.444. The molecule has 0 atom stereocenters. The van der Waals surface area contributed by atoms with Crippen LogP contribution in [0, 0.1) is 10.1 Å². The van der Waals surface area contributed by atoms with E-state index in [0.717, 1.165) is 37.8 Å². The van der Waals surface area contributed by atoms with E-state index >= 15 is 0 Å². The average molecular weight is 479 g/mol. The Hall–Kier alpha value is -3.03. The molecule has 1 N–H and O–H groups in total. The first-order valence-corrected chi connectivity index (χ1v) is 12.2. The molecule has 0 unspecified atom stereocenters. The third-order valence-electron chi connectivity index (χ3n) is 5.70. The van der Waals surface area contributed by atoms with Gasteiger partial charge in [-0.2, -0.15) is 9.40 Å². The number of carbonyl (C=O) groups excluding carboxylic acids is 1. The molecule has 2 aromatic rings. The van der Waals surface area contributed by atoms with E-state index in [-0.39, 0.29) is 42.5 Å². The lowest BCUT2D eigenvalue weighted by Crippen LogP contribution is -2.40. The van der Waals surface area contributed by atoms with Crippen LogP contribution in [0.5, 0.6) is 0 Å². The summed E-state index contributed by atoms with van der Waals surface area (Å²) >= 11 is 0. The van der Waals surface area contributed by atoms with E-state index in [2.05, 4.69) is 15.3 Å². The monoisotopic (exact) mass is 478 g/mol. The molecule has 33 heavy (non-hydrogen) atoms. The molecule has 3 heterocycles. The molecule has 0 bridgehead atoms. The zero-order valence-electron chi connectivity index (χ0n) is 18.1. The second kappa shape index (κ2) is 9.85. The number of nitrogens with one attached hydrogen (secondary N) is 1. The molecule has 0 saturated carbocycles. The van der Waals surface area contributed by atoms with E-state index in [1.165, 1.54) is 21.3 Å². The number of hydrogen-bond donors (Lipinski definition) is 1. The van der Waals surface area contributed by atoms with Crippen molar-refractivity contribution in [3.8, 4) is 0 Å². The first-order chi connectivity index (χ1) is 15.8. The summed E-state index contributed by atoms with van der Waals surface area (Å²) in [6.07, 6.45) is 4.47. The van der Waals surface area contributed by atoms with Gasteiger partial charge in [-0.25, -0.2) is 8.42 Å². The Morgan fingerprint density at radius 2 is 1.91 bits per heavy atom. The summed E-state index contributed by atoms with van der Waals surface area (Å²) < 4.78 is 34.2. The standard InChI is InChI=1S/C20H26N6O6S/c27-20(5-8-24-15-16(14-21-24)26(28)29)22-18-13-17(3-4-19(18)23-6-1-2-7-23)33(30,31)25-9-11-32-12-10-25/h3-4,13-15H,1-2,5-12H2,(H,22,27). The van der Waals surface area contributed by atoms with Crippen LogP contribution < -0.4 is 10.2 Å². The smallest absolute Gasteiger partial charge is 0.306 e. The van der Waals surface area contributed by atoms with Gasteiger partial charge >= 0.3 is 5.69 Å². The van der Waals surface area contributed by atoms with Gasteiger partial charge in [0.2, 0.25) is 15.9 Å². The maximum absolute atomic E-state index is 13.1. The van der Waals surface area contributed by atoms with Crippen molar-refractivity contribution in [1.82, 2.24) is 14.1 Å². The van der Waals surface area contributed by atoms with Crippen molar-refractivity contribution in [2.45, 2.75) is 30.7 Å². The summed E-state index contributed by atoms with van der Waals surface area (Å²) in [5.74, 6) is -0.338. The minimum atomic E-state index is -3.72. The third-order valence-corrected chi connectivity index (χ3v) is 7.59. The number of hydrogen-bond acceptors (Lipinski definition) is 8. The molecule has 2 saturated heterocycles. The molecule has 12 nitrogen and oxygen atoms in total. The normalized spacial score (nSPS) is 17.3. The first kappa shape index (κ1) is 23.1. The van der Waals surface area contributed by atoms with Gasteiger partial charge in [-0.05, 0) is 31.0 Å². The summed E-state index contributed by atoms with van der Waals surface area (Å²) in [4.78, 5) is 25.2. The topological polar surface area (TPSA) is 140 Å². The van der Waals surface area contributed by atoms with E-state index in [0.29, 0.717) is 18.9 Å².